The van der Waals surface area contributed by atoms with Crippen LogP contribution in [-0.2, 0) is 10.0 Å². The molecule has 2 rings (SSSR count). The number of benzene rings is 1. The lowest BCUT2D eigenvalue weighted by Gasteiger charge is -2.30. The van der Waals surface area contributed by atoms with Crippen LogP contribution >= 0.6 is 0 Å². The highest BCUT2D eigenvalue weighted by atomic mass is 32.2. The summed E-state index contributed by atoms with van der Waals surface area (Å²) in [6.07, 6.45) is 2.64. The summed E-state index contributed by atoms with van der Waals surface area (Å²) in [5.74, 6) is 0.709. The molecule has 1 aliphatic heterocycles. The molecule has 1 heterocycles. The number of piperidine rings is 1. The number of hydrogen-bond acceptors (Lipinski definition) is 4. The topological polar surface area (TPSA) is 58.6 Å². The molecule has 0 aliphatic carbocycles. The SMILES string of the molecule is CCCOc1ccc(S(=O)(=O)N(C)C2CCNCC2)cc1. The lowest BCUT2D eigenvalue weighted by Crippen LogP contribution is -2.43. The van der Waals surface area contributed by atoms with Crippen LogP contribution in [0.1, 0.15) is 26.2 Å². The van der Waals surface area contributed by atoms with Crippen molar-refractivity contribution in [1.29, 1.82) is 0 Å². The van der Waals surface area contributed by atoms with Gasteiger partial charge in [0.05, 0.1) is 11.5 Å². The minimum absolute atomic E-state index is 0.0762. The summed E-state index contributed by atoms with van der Waals surface area (Å²) in [5.41, 5.74) is 0. The molecule has 0 bridgehead atoms. The van der Waals surface area contributed by atoms with Gasteiger partial charge in [0.1, 0.15) is 5.75 Å². The second kappa shape index (κ2) is 7.24. The van der Waals surface area contributed by atoms with Crippen LogP contribution in [-0.4, -0.2) is 45.5 Å². The van der Waals surface area contributed by atoms with Crippen LogP contribution in [0.5, 0.6) is 5.75 Å². The number of nitrogens with zero attached hydrogens (tertiary/aromatic N) is 1. The Hall–Kier alpha value is -1.11. The van der Waals surface area contributed by atoms with Crippen molar-refractivity contribution in [2.45, 2.75) is 37.1 Å². The second-order valence-corrected chi connectivity index (χ2v) is 7.32. The maximum absolute atomic E-state index is 12.6. The third-order valence-corrected chi connectivity index (χ3v) is 5.72. The van der Waals surface area contributed by atoms with Gasteiger partial charge in [-0.15, -0.1) is 0 Å². The Balaban J connectivity index is 2.10. The van der Waals surface area contributed by atoms with E-state index in [0.717, 1.165) is 32.4 Å². The average Bonchev–Trinajstić information content (AvgIpc) is 2.53. The summed E-state index contributed by atoms with van der Waals surface area (Å²) in [6, 6.07) is 6.76. The number of hydrogen-bond donors (Lipinski definition) is 1. The molecule has 0 spiro atoms. The van der Waals surface area contributed by atoms with E-state index < -0.39 is 10.0 Å². The first-order chi connectivity index (χ1) is 10.1. The van der Waals surface area contributed by atoms with Crippen LogP contribution in [0.3, 0.4) is 0 Å². The summed E-state index contributed by atoms with van der Waals surface area (Å²) in [4.78, 5) is 0.326. The fourth-order valence-corrected chi connectivity index (χ4v) is 3.88. The summed E-state index contributed by atoms with van der Waals surface area (Å²) in [6.45, 7) is 4.41. The third kappa shape index (κ3) is 3.96. The zero-order chi connectivity index (χ0) is 15.3. The molecule has 21 heavy (non-hydrogen) atoms. The van der Waals surface area contributed by atoms with Crippen molar-refractivity contribution in [3.63, 3.8) is 0 Å². The highest BCUT2D eigenvalue weighted by Gasteiger charge is 2.28. The van der Waals surface area contributed by atoms with Gasteiger partial charge in [-0.2, -0.15) is 4.31 Å². The highest BCUT2D eigenvalue weighted by Crippen LogP contribution is 2.22. The molecule has 1 saturated heterocycles. The minimum Gasteiger partial charge on any atom is -0.494 e. The molecule has 0 aromatic heterocycles. The first-order valence-corrected chi connectivity index (χ1v) is 8.91. The van der Waals surface area contributed by atoms with Crippen molar-refractivity contribution in [2.75, 3.05) is 26.7 Å². The van der Waals surface area contributed by atoms with E-state index in [4.69, 9.17) is 4.74 Å². The van der Waals surface area contributed by atoms with Crippen LogP contribution in [0.15, 0.2) is 29.2 Å². The molecule has 1 aliphatic rings. The first-order valence-electron chi connectivity index (χ1n) is 7.47. The van der Waals surface area contributed by atoms with Gasteiger partial charge < -0.3 is 10.1 Å². The van der Waals surface area contributed by atoms with Crippen LogP contribution in [0.4, 0.5) is 0 Å². The first kappa shape index (κ1) is 16.3. The fraction of sp³-hybridized carbons (Fsp3) is 0.600. The molecule has 0 unspecified atom stereocenters. The molecular formula is C15H24N2O3S. The van der Waals surface area contributed by atoms with Crippen LogP contribution < -0.4 is 10.1 Å². The second-order valence-electron chi connectivity index (χ2n) is 5.32. The minimum atomic E-state index is -3.43. The standard InChI is InChI=1S/C15H24N2O3S/c1-3-12-20-14-4-6-15(7-5-14)21(18,19)17(2)13-8-10-16-11-9-13/h4-7,13,16H,3,8-12H2,1-2H3. The Morgan fingerprint density at radius 2 is 1.86 bits per heavy atom. The number of rotatable bonds is 6. The van der Waals surface area contributed by atoms with Crippen LogP contribution in [0, 0.1) is 0 Å². The lowest BCUT2D eigenvalue weighted by atomic mass is 10.1. The Labute approximate surface area is 127 Å². The maximum atomic E-state index is 12.6. The molecule has 0 saturated carbocycles. The lowest BCUT2D eigenvalue weighted by molar-refractivity contribution is 0.296. The predicted octanol–water partition coefficient (Wildman–Crippen LogP) is 1.85. The number of sulfonamides is 1. The van der Waals surface area contributed by atoms with Gasteiger partial charge in [0, 0.05) is 13.1 Å². The summed E-state index contributed by atoms with van der Waals surface area (Å²) < 4.78 is 32.2. The molecule has 0 atom stereocenters. The van der Waals surface area contributed by atoms with E-state index >= 15 is 0 Å². The Kier molecular flexibility index (Phi) is 5.61. The molecule has 6 heteroatoms. The predicted molar refractivity (Wildman–Crippen MR) is 83.1 cm³/mol. The monoisotopic (exact) mass is 312 g/mol. The Morgan fingerprint density at radius 3 is 2.43 bits per heavy atom. The van der Waals surface area contributed by atoms with Gasteiger partial charge in [-0.3, -0.25) is 0 Å². The fourth-order valence-electron chi connectivity index (χ4n) is 2.46. The zero-order valence-corrected chi connectivity index (χ0v) is 13.5. The summed E-state index contributed by atoms with van der Waals surface area (Å²) in [5, 5.41) is 3.25. The number of nitrogens with one attached hydrogen (secondary N) is 1. The Morgan fingerprint density at radius 1 is 1.24 bits per heavy atom. The van der Waals surface area contributed by atoms with Gasteiger partial charge in [0.25, 0.3) is 0 Å². The largest absolute Gasteiger partial charge is 0.494 e. The van der Waals surface area contributed by atoms with E-state index in [1.165, 1.54) is 4.31 Å². The van der Waals surface area contributed by atoms with Crippen LogP contribution in [0.25, 0.3) is 0 Å². The smallest absolute Gasteiger partial charge is 0.243 e. The number of ether oxygens (including phenoxy) is 1. The van der Waals surface area contributed by atoms with E-state index in [9.17, 15) is 8.42 Å². The van der Waals surface area contributed by atoms with Crippen molar-refractivity contribution < 1.29 is 13.2 Å². The van der Waals surface area contributed by atoms with Gasteiger partial charge in [0.2, 0.25) is 10.0 Å². The summed E-state index contributed by atoms with van der Waals surface area (Å²) >= 11 is 0. The van der Waals surface area contributed by atoms with E-state index in [2.05, 4.69) is 5.32 Å². The van der Waals surface area contributed by atoms with Gasteiger partial charge >= 0.3 is 0 Å². The molecule has 1 N–H and O–H groups in total. The van der Waals surface area contributed by atoms with Crippen molar-refractivity contribution in [2.24, 2.45) is 0 Å². The molecule has 1 aromatic rings. The van der Waals surface area contributed by atoms with E-state index in [1.807, 2.05) is 6.92 Å². The van der Waals surface area contributed by atoms with Crippen LogP contribution in [0.2, 0.25) is 0 Å². The summed E-state index contributed by atoms with van der Waals surface area (Å²) in [7, 11) is -1.75. The highest BCUT2D eigenvalue weighted by molar-refractivity contribution is 7.89. The third-order valence-electron chi connectivity index (χ3n) is 3.80. The van der Waals surface area contributed by atoms with E-state index in [0.29, 0.717) is 17.3 Å². The molecule has 1 fully saturated rings. The Bertz CT molecular complexity index is 537. The van der Waals surface area contributed by atoms with Crippen molar-refractivity contribution >= 4 is 10.0 Å². The molecule has 0 amide bonds. The van der Waals surface area contributed by atoms with Crippen molar-refractivity contribution in [3.05, 3.63) is 24.3 Å². The maximum Gasteiger partial charge on any atom is 0.243 e. The molecule has 118 valence electrons. The zero-order valence-electron chi connectivity index (χ0n) is 12.7. The van der Waals surface area contributed by atoms with E-state index in [-0.39, 0.29) is 6.04 Å². The average molecular weight is 312 g/mol. The molecular weight excluding hydrogens is 288 g/mol. The quantitative estimate of drug-likeness (QED) is 0.871. The van der Waals surface area contributed by atoms with Gasteiger partial charge in [-0.1, -0.05) is 6.92 Å². The molecule has 1 aromatic carbocycles. The molecule has 5 nitrogen and oxygen atoms in total. The van der Waals surface area contributed by atoms with Crippen molar-refractivity contribution in [3.8, 4) is 5.75 Å². The molecule has 0 radical (unpaired) electrons. The van der Waals surface area contributed by atoms with Crippen molar-refractivity contribution in [1.82, 2.24) is 9.62 Å². The van der Waals surface area contributed by atoms with E-state index in [1.54, 1.807) is 31.3 Å². The normalized spacial score (nSPS) is 17.1. The van der Waals surface area contributed by atoms with Gasteiger partial charge in [-0.05, 0) is 56.6 Å². The van der Waals surface area contributed by atoms with Gasteiger partial charge in [0.15, 0.2) is 0 Å². The van der Waals surface area contributed by atoms with Gasteiger partial charge in [-0.25, -0.2) is 8.42 Å².